The van der Waals surface area contributed by atoms with E-state index >= 15 is 0 Å². The fraction of sp³-hybridized carbons (Fsp3) is 0.533. The molecule has 0 spiro atoms. The molecular formula is C15H22FNO2. The molecule has 0 fully saturated rings. The minimum absolute atomic E-state index is 0.0587. The van der Waals surface area contributed by atoms with Gasteiger partial charge in [0.05, 0.1) is 12.2 Å². The molecule has 106 valence electrons. The number of hydrogen-bond donors (Lipinski definition) is 0. The number of ether oxygens (including phenoxy) is 1. The maximum Gasteiger partial charge on any atom is 0.257 e. The van der Waals surface area contributed by atoms with Gasteiger partial charge in [-0.15, -0.1) is 0 Å². The summed E-state index contributed by atoms with van der Waals surface area (Å²) in [5.41, 5.74) is 0.933. The van der Waals surface area contributed by atoms with Crippen LogP contribution in [0, 0.1) is 12.7 Å². The predicted molar refractivity (Wildman–Crippen MR) is 73.8 cm³/mol. The van der Waals surface area contributed by atoms with Crippen LogP contribution in [-0.2, 0) is 4.74 Å². The van der Waals surface area contributed by atoms with Gasteiger partial charge in [0, 0.05) is 19.7 Å². The molecule has 3 nitrogen and oxygen atoms in total. The van der Waals surface area contributed by atoms with Crippen molar-refractivity contribution < 1.29 is 13.9 Å². The maximum absolute atomic E-state index is 13.9. The van der Waals surface area contributed by atoms with Gasteiger partial charge in [-0.05, 0) is 38.0 Å². The number of methoxy groups -OCH3 is 1. The van der Waals surface area contributed by atoms with Gasteiger partial charge in [-0.2, -0.15) is 0 Å². The molecule has 1 atom stereocenters. The number of nitrogens with zero attached hydrogens (tertiary/aromatic N) is 1. The first-order valence-corrected chi connectivity index (χ1v) is 6.57. The summed E-state index contributed by atoms with van der Waals surface area (Å²) in [6.07, 6.45) is 0.822. The van der Waals surface area contributed by atoms with Crippen molar-refractivity contribution in [2.24, 2.45) is 0 Å². The van der Waals surface area contributed by atoms with Crippen LogP contribution < -0.4 is 0 Å². The molecule has 4 heteroatoms. The molecule has 1 amide bonds. The summed E-state index contributed by atoms with van der Waals surface area (Å²) in [7, 11) is 1.59. The van der Waals surface area contributed by atoms with Gasteiger partial charge in [-0.25, -0.2) is 4.39 Å². The summed E-state index contributed by atoms with van der Waals surface area (Å²) in [6, 6.07) is 4.75. The van der Waals surface area contributed by atoms with Crippen LogP contribution in [0.1, 0.15) is 36.2 Å². The van der Waals surface area contributed by atoms with Gasteiger partial charge in [0.1, 0.15) is 5.82 Å². The third kappa shape index (κ3) is 4.03. The second-order valence-electron chi connectivity index (χ2n) is 4.73. The number of rotatable bonds is 6. The number of aryl methyl sites for hydroxylation is 1. The van der Waals surface area contributed by atoms with Gasteiger partial charge in [-0.3, -0.25) is 4.79 Å². The molecule has 1 unspecified atom stereocenters. The predicted octanol–water partition coefficient (Wildman–Crippen LogP) is 3.02. The Hall–Kier alpha value is -1.42. The van der Waals surface area contributed by atoms with Crippen molar-refractivity contribution in [1.29, 1.82) is 0 Å². The van der Waals surface area contributed by atoms with Gasteiger partial charge in [-0.1, -0.05) is 13.0 Å². The molecule has 0 aromatic heterocycles. The summed E-state index contributed by atoms with van der Waals surface area (Å²) < 4.78 is 18.9. The van der Waals surface area contributed by atoms with Gasteiger partial charge < -0.3 is 9.64 Å². The highest BCUT2D eigenvalue weighted by atomic mass is 19.1. The third-order valence-corrected chi connectivity index (χ3v) is 3.28. The van der Waals surface area contributed by atoms with Crippen molar-refractivity contribution in [1.82, 2.24) is 4.90 Å². The quantitative estimate of drug-likeness (QED) is 0.793. The number of carbonyl (C=O) groups excluding carboxylic acids is 1. The largest absolute Gasteiger partial charge is 0.383 e. The lowest BCUT2D eigenvalue weighted by Gasteiger charge is -2.28. The number of benzene rings is 1. The minimum atomic E-state index is -0.462. The molecule has 1 aromatic carbocycles. The summed E-state index contributed by atoms with van der Waals surface area (Å²) in [5.74, 6) is -0.736. The van der Waals surface area contributed by atoms with Gasteiger partial charge in [0.25, 0.3) is 5.91 Å². The Balaban J connectivity index is 2.97. The van der Waals surface area contributed by atoms with Gasteiger partial charge in [0.2, 0.25) is 0 Å². The van der Waals surface area contributed by atoms with E-state index in [9.17, 15) is 9.18 Å². The zero-order valence-electron chi connectivity index (χ0n) is 12.1. The number of amides is 1. The summed E-state index contributed by atoms with van der Waals surface area (Å²) in [6.45, 7) is 6.68. The van der Waals surface area contributed by atoms with E-state index in [2.05, 4.69) is 0 Å². The highest BCUT2D eigenvalue weighted by molar-refractivity contribution is 5.94. The van der Waals surface area contributed by atoms with Crippen LogP contribution in [0.5, 0.6) is 0 Å². The first-order chi connectivity index (χ1) is 9.01. The Morgan fingerprint density at radius 2 is 2.16 bits per heavy atom. The van der Waals surface area contributed by atoms with Gasteiger partial charge >= 0.3 is 0 Å². The van der Waals surface area contributed by atoms with Gasteiger partial charge in [0.15, 0.2) is 0 Å². The summed E-state index contributed by atoms with van der Waals surface area (Å²) in [4.78, 5) is 14.1. The molecule has 0 N–H and O–H groups in total. The Kier molecular flexibility index (Phi) is 5.96. The van der Waals surface area contributed by atoms with Crippen molar-refractivity contribution in [3.8, 4) is 0 Å². The van der Waals surface area contributed by atoms with Crippen LogP contribution in [0.15, 0.2) is 18.2 Å². The van der Waals surface area contributed by atoms with E-state index in [0.717, 1.165) is 12.0 Å². The average molecular weight is 267 g/mol. The smallest absolute Gasteiger partial charge is 0.257 e. The zero-order valence-corrected chi connectivity index (χ0v) is 12.1. The Labute approximate surface area is 114 Å². The first-order valence-electron chi connectivity index (χ1n) is 6.57. The van der Waals surface area contributed by atoms with Crippen molar-refractivity contribution in [2.75, 3.05) is 20.3 Å². The third-order valence-electron chi connectivity index (χ3n) is 3.28. The van der Waals surface area contributed by atoms with E-state index < -0.39 is 5.82 Å². The fourth-order valence-electron chi connectivity index (χ4n) is 1.88. The van der Waals surface area contributed by atoms with Crippen molar-refractivity contribution >= 4 is 5.91 Å². The average Bonchev–Trinajstić information content (AvgIpc) is 2.38. The monoisotopic (exact) mass is 267 g/mol. The molecular weight excluding hydrogens is 245 g/mol. The van der Waals surface area contributed by atoms with Crippen LogP contribution in [-0.4, -0.2) is 37.1 Å². The molecule has 1 rings (SSSR count). The van der Waals surface area contributed by atoms with E-state index in [-0.39, 0.29) is 17.5 Å². The zero-order chi connectivity index (χ0) is 14.4. The summed E-state index contributed by atoms with van der Waals surface area (Å²) >= 11 is 0. The van der Waals surface area contributed by atoms with Crippen LogP contribution in [0.3, 0.4) is 0 Å². The molecule has 0 aliphatic rings. The fourth-order valence-corrected chi connectivity index (χ4v) is 1.88. The highest BCUT2D eigenvalue weighted by Crippen LogP contribution is 2.15. The van der Waals surface area contributed by atoms with Crippen molar-refractivity contribution in [2.45, 2.75) is 33.2 Å². The SMILES string of the molecule is CCC(C)N(CCOC)C(=O)c1ccc(C)cc1F. The molecule has 0 saturated carbocycles. The first kappa shape index (κ1) is 15.6. The minimum Gasteiger partial charge on any atom is -0.383 e. The topological polar surface area (TPSA) is 29.5 Å². The molecule has 19 heavy (non-hydrogen) atoms. The van der Waals surface area contributed by atoms with Crippen LogP contribution in [0.25, 0.3) is 0 Å². The van der Waals surface area contributed by atoms with E-state index in [1.807, 2.05) is 13.8 Å². The molecule has 0 radical (unpaired) electrons. The Bertz CT molecular complexity index is 434. The lowest BCUT2D eigenvalue weighted by atomic mass is 10.1. The lowest BCUT2D eigenvalue weighted by Crippen LogP contribution is -2.40. The number of halogens is 1. The van der Waals surface area contributed by atoms with Crippen LogP contribution in [0.4, 0.5) is 4.39 Å². The highest BCUT2D eigenvalue weighted by Gasteiger charge is 2.22. The molecule has 0 saturated heterocycles. The second kappa shape index (κ2) is 7.24. The van der Waals surface area contributed by atoms with E-state index in [1.165, 1.54) is 6.07 Å². The van der Waals surface area contributed by atoms with Crippen LogP contribution in [0.2, 0.25) is 0 Å². The number of hydrogen-bond acceptors (Lipinski definition) is 2. The van der Waals surface area contributed by atoms with E-state index in [4.69, 9.17) is 4.74 Å². The number of carbonyl (C=O) groups is 1. The standard InChI is InChI=1S/C15H22FNO2/c1-5-12(3)17(8-9-19-4)15(18)13-7-6-11(2)10-14(13)16/h6-7,10,12H,5,8-9H2,1-4H3. The molecule has 1 aromatic rings. The Morgan fingerprint density at radius 3 is 2.68 bits per heavy atom. The van der Waals surface area contributed by atoms with Crippen molar-refractivity contribution in [3.63, 3.8) is 0 Å². The lowest BCUT2D eigenvalue weighted by molar-refractivity contribution is 0.0609. The molecule has 0 heterocycles. The van der Waals surface area contributed by atoms with E-state index in [0.29, 0.717) is 13.2 Å². The van der Waals surface area contributed by atoms with Crippen LogP contribution >= 0.6 is 0 Å². The normalized spacial score (nSPS) is 12.3. The van der Waals surface area contributed by atoms with Crippen molar-refractivity contribution in [3.05, 3.63) is 35.1 Å². The molecule has 0 aliphatic carbocycles. The Morgan fingerprint density at radius 1 is 1.47 bits per heavy atom. The maximum atomic E-state index is 13.9. The molecule has 0 aliphatic heterocycles. The summed E-state index contributed by atoms with van der Waals surface area (Å²) in [5, 5.41) is 0. The van der Waals surface area contributed by atoms with E-state index in [1.54, 1.807) is 31.1 Å². The molecule has 0 bridgehead atoms. The second-order valence-corrected chi connectivity index (χ2v) is 4.73.